The molecule has 0 aromatic heterocycles. The largest absolute Gasteiger partial charge is 0.391 e. The molecular formula is C6H13NO. The van der Waals surface area contributed by atoms with Crippen LogP contribution >= 0.6 is 0 Å². The lowest BCUT2D eigenvalue weighted by Crippen LogP contribution is -2.18. The third-order valence-corrected chi connectivity index (χ3v) is 0.916. The Labute approximate surface area is 50.0 Å². The van der Waals surface area contributed by atoms with Crippen molar-refractivity contribution in [2.45, 2.75) is 19.4 Å². The van der Waals surface area contributed by atoms with E-state index in [4.69, 9.17) is 10.8 Å². The van der Waals surface area contributed by atoms with Gasteiger partial charge < -0.3 is 10.8 Å². The number of allylic oxidation sites excluding steroid dienone is 1. The third kappa shape index (κ3) is 3.84. The first-order valence-electron chi connectivity index (χ1n) is 2.80. The highest BCUT2D eigenvalue weighted by atomic mass is 16.3. The Morgan fingerprint density at radius 1 is 1.75 bits per heavy atom. The summed E-state index contributed by atoms with van der Waals surface area (Å²) in [6.45, 7) is 2.27. The second-order valence-corrected chi connectivity index (χ2v) is 1.69. The molecule has 0 saturated carbocycles. The van der Waals surface area contributed by atoms with E-state index in [9.17, 15) is 0 Å². The minimum atomic E-state index is -0.355. The van der Waals surface area contributed by atoms with Gasteiger partial charge in [-0.05, 0) is 13.3 Å². The molecule has 0 fully saturated rings. The van der Waals surface area contributed by atoms with Crippen LogP contribution in [-0.4, -0.2) is 17.8 Å². The van der Waals surface area contributed by atoms with E-state index in [0.717, 1.165) is 0 Å². The molecule has 48 valence electrons. The third-order valence-electron chi connectivity index (χ3n) is 0.916. The van der Waals surface area contributed by atoms with Crippen LogP contribution in [0.3, 0.4) is 0 Å². The van der Waals surface area contributed by atoms with Crippen molar-refractivity contribution < 1.29 is 5.11 Å². The van der Waals surface area contributed by atoms with Gasteiger partial charge in [-0.2, -0.15) is 0 Å². The molecule has 0 aliphatic rings. The number of nitrogens with two attached hydrogens (primary N) is 1. The van der Waals surface area contributed by atoms with Crippen molar-refractivity contribution in [1.82, 2.24) is 0 Å². The Hall–Kier alpha value is -0.340. The Balaban J connectivity index is 3.10. The molecule has 1 unspecified atom stereocenters. The lowest BCUT2D eigenvalue weighted by molar-refractivity contribution is 0.186. The molecule has 0 aromatic carbocycles. The maximum absolute atomic E-state index is 8.81. The number of rotatable bonds is 3. The molecule has 0 saturated heterocycles. The molecule has 0 aromatic rings. The van der Waals surface area contributed by atoms with E-state index < -0.39 is 0 Å². The van der Waals surface area contributed by atoms with Gasteiger partial charge in [0.1, 0.15) is 0 Å². The standard InChI is InChI=1S/C6H13NO/c1-2-3-4-6(8)5-7/h2-3,6,8H,4-5,7H2,1H3/b3-2+. The van der Waals surface area contributed by atoms with Crippen LogP contribution in [0, 0.1) is 0 Å². The quantitative estimate of drug-likeness (QED) is 0.519. The summed E-state index contributed by atoms with van der Waals surface area (Å²) in [6.07, 6.45) is 4.12. The maximum atomic E-state index is 8.81. The molecule has 1 atom stereocenters. The summed E-state index contributed by atoms with van der Waals surface area (Å²) in [5.41, 5.74) is 5.13. The summed E-state index contributed by atoms with van der Waals surface area (Å²) in [4.78, 5) is 0. The van der Waals surface area contributed by atoms with Crippen LogP contribution < -0.4 is 5.73 Å². The number of aliphatic hydroxyl groups excluding tert-OH is 1. The van der Waals surface area contributed by atoms with Crippen LogP contribution in [0.25, 0.3) is 0 Å². The summed E-state index contributed by atoms with van der Waals surface area (Å²) in [7, 11) is 0. The maximum Gasteiger partial charge on any atom is 0.0696 e. The van der Waals surface area contributed by atoms with Gasteiger partial charge >= 0.3 is 0 Å². The number of aliphatic hydroxyl groups is 1. The fourth-order valence-electron chi connectivity index (χ4n) is 0.389. The predicted octanol–water partition coefficient (Wildman–Crippen LogP) is 0.272. The minimum Gasteiger partial charge on any atom is -0.391 e. The normalized spacial score (nSPS) is 14.9. The Kier molecular flexibility index (Phi) is 4.61. The van der Waals surface area contributed by atoms with E-state index in [1.54, 1.807) is 0 Å². The summed E-state index contributed by atoms with van der Waals surface area (Å²) in [5, 5.41) is 8.81. The van der Waals surface area contributed by atoms with Crippen molar-refractivity contribution in [3.63, 3.8) is 0 Å². The Morgan fingerprint density at radius 2 is 2.38 bits per heavy atom. The molecule has 0 amide bonds. The predicted molar refractivity (Wildman–Crippen MR) is 34.5 cm³/mol. The molecule has 0 aliphatic heterocycles. The summed E-state index contributed by atoms with van der Waals surface area (Å²) in [6, 6.07) is 0. The molecule has 0 rings (SSSR count). The van der Waals surface area contributed by atoms with Gasteiger partial charge in [-0.3, -0.25) is 0 Å². The van der Waals surface area contributed by atoms with Gasteiger partial charge in [-0.1, -0.05) is 12.2 Å². The van der Waals surface area contributed by atoms with Crippen LogP contribution in [-0.2, 0) is 0 Å². The molecule has 0 heterocycles. The van der Waals surface area contributed by atoms with Crippen molar-refractivity contribution in [2.24, 2.45) is 5.73 Å². The average Bonchev–Trinajstić information content (AvgIpc) is 1.83. The minimum absolute atomic E-state index is 0.352. The fraction of sp³-hybridized carbons (Fsp3) is 0.667. The van der Waals surface area contributed by atoms with Gasteiger partial charge in [-0.15, -0.1) is 0 Å². The zero-order chi connectivity index (χ0) is 6.41. The van der Waals surface area contributed by atoms with E-state index in [1.807, 2.05) is 19.1 Å². The molecule has 0 bridgehead atoms. The second-order valence-electron chi connectivity index (χ2n) is 1.69. The lowest BCUT2D eigenvalue weighted by Gasteiger charge is -2.00. The van der Waals surface area contributed by atoms with Gasteiger partial charge in [0.05, 0.1) is 6.10 Å². The monoisotopic (exact) mass is 115 g/mol. The zero-order valence-electron chi connectivity index (χ0n) is 5.17. The van der Waals surface area contributed by atoms with E-state index in [-0.39, 0.29) is 6.10 Å². The summed E-state index contributed by atoms with van der Waals surface area (Å²) >= 11 is 0. The Morgan fingerprint density at radius 3 is 2.75 bits per heavy atom. The van der Waals surface area contributed by atoms with Gasteiger partial charge in [0.15, 0.2) is 0 Å². The van der Waals surface area contributed by atoms with Crippen LogP contribution in [0.2, 0.25) is 0 Å². The van der Waals surface area contributed by atoms with E-state index >= 15 is 0 Å². The van der Waals surface area contributed by atoms with Crippen molar-refractivity contribution in [3.8, 4) is 0 Å². The van der Waals surface area contributed by atoms with Gasteiger partial charge in [0.25, 0.3) is 0 Å². The second kappa shape index (κ2) is 4.81. The molecule has 3 N–H and O–H groups in total. The highest BCUT2D eigenvalue weighted by Gasteiger charge is 1.93. The van der Waals surface area contributed by atoms with Crippen molar-refractivity contribution in [2.75, 3.05) is 6.54 Å². The smallest absolute Gasteiger partial charge is 0.0696 e. The molecule has 0 spiro atoms. The molecule has 0 radical (unpaired) electrons. The van der Waals surface area contributed by atoms with Crippen molar-refractivity contribution in [1.29, 1.82) is 0 Å². The lowest BCUT2D eigenvalue weighted by atomic mass is 10.2. The molecule has 2 heteroatoms. The average molecular weight is 115 g/mol. The first-order chi connectivity index (χ1) is 3.81. The van der Waals surface area contributed by atoms with Crippen LogP contribution in [0.4, 0.5) is 0 Å². The van der Waals surface area contributed by atoms with E-state index in [2.05, 4.69) is 0 Å². The number of hydrogen-bond acceptors (Lipinski definition) is 2. The topological polar surface area (TPSA) is 46.2 Å². The number of hydrogen-bond donors (Lipinski definition) is 2. The van der Waals surface area contributed by atoms with Gasteiger partial charge in [0.2, 0.25) is 0 Å². The van der Waals surface area contributed by atoms with Gasteiger partial charge in [-0.25, -0.2) is 0 Å². The summed E-state index contributed by atoms with van der Waals surface area (Å²) in [5.74, 6) is 0. The molecular weight excluding hydrogens is 102 g/mol. The van der Waals surface area contributed by atoms with Crippen LogP contribution in [0.15, 0.2) is 12.2 Å². The van der Waals surface area contributed by atoms with Crippen molar-refractivity contribution >= 4 is 0 Å². The summed E-state index contributed by atoms with van der Waals surface area (Å²) < 4.78 is 0. The van der Waals surface area contributed by atoms with E-state index in [1.165, 1.54) is 0 Å². The molecule has 0 aliphatic carbocycles. The Bertz CT molecular complexity index is 70.9. The first kappa shape index (κ1) is 7.66. The fourth-order valence-corrected chi connectivity index (χ4v) is 0.389. The highest BCUT2D eigenvalue weighted by Crippen LogP contribution is 1.88. The highest BCUT2D eigenvalue weighted by molar-refractivity contribution is 4.80. The van der Waals surface area contributed by atoms with Crippen LogP contribution in [0.1, 0.15) is 13.3 Å². The zero-order valence-corrected chi connectivity index (χ0v) is 5.17. The molecule has 2 nitrogen and oxygen atoms in total. The van der Waals surface area contributed by atoms with E-state index in [0.29, 0.717) is 13.0 Å². The van der Waals surface area contributed by atoms with Gasteiger partial charge in [0, 0.05) is 6.54 Å². The molecule has 8 heavy (non-hydrogen) atoms. The first-order valence-corrected chi connectivity index (χ1v) is 2.80. The van der Waals surface area contributed by atoms with Crippen LogP contribution in [0.5, 0.6) is 0 Å². The SMILES string of the molecule is C/C=C/CC(O)CN. The van der Waals surface area contributed by atoms with Crippen molar-refractivity contribution in [3.05, 3.63) is 12.2 Å².